The van der Waals surface area contributed by atoms with Gasteiger partial charge >= 0.3 is 7.60 Å². The van der Waals surface area contributed by atoms with E-state index in [-0.39, 0.29) is 13.2 Å². The van der Waals surface area contributed by atoms with E-state index in [1.165, 1.54) is 0 Å². The highest BCUT2D eigenvalue weighted by atomic mass is 35.5. The van der Waals surface area contributed by atoms with Gasteiger partial charge < -0.3 is 9.05 Å². The molecule has 114 valence electrons. The molecule has 0 heterocycles. The summed E-state index contributed by atoms with van der Waals surface area (Å²) in [4.78, 5) is -1.15. The minimum absolute atomic E-state index is 0.134. The van der Waals surface area contributed by atoms with Gasteiger partial charge in [0.05, 0.1) is 18.5 Å². The summed E-state index contributed by atoms with van der Waals surface area (Å²) in [6, 6.07) is 8.69. The molecule has 8 heteroatoms. The highest BCUT2D eigenvalue weighted by Crippen LogP contribution is 2.47. The van der Waals surface area contributed by atoms with Crippen molar-refractivity contribution in [2.75, 3.05) is 13.2 Å². The van der Waals surface area contributed by atoms with Crippen molar-refractivity contribution in [2.24, 2.45) is 0 Å². The van der Waals surface area contributed by atoms with Crippen LogP contribution in [-0.4, -0.2) is 22.9 Å². The van der Waals surface area contributed by atoms with Crippen LogP contribution in [0.25, 0.3) is 0 Å². The third-order valence-corrected chi connectivity index (χ3v) is 5.12. The van der Waals surface area contributed by atoms with Crippen molar-refractivity contribution in [2.45, 2.75) is 22.5 Å². The van der Waals surface area contributed by atoms with Crippen LogP contribution in [0.15, 0.2) is 30.3 Å². The van der Waals surface area contributed by atoms with Crippen LogP contribution < -0.4 is 5.30 Å². The zero-order valence-corrected chi connectivity index (χ0v) is 14.5. The van der Waals surface area contributed by atoms with Gasteiger partial charge in [0.15, 0.2) is 0 Å². The lowest BCUT2D eigenvalue weighted by molar-refractivity contribution is 0.212. The first-order valence-electron chi connectivity index (χ1n) is 5.95. The Morgan fingerprint density at radius 1 is 0.900 bits per heavy atom. The van der Waals surface area contributed by atoms with Crippen molar-refractivity contribution in [3.05, 3.63) is 30.3 Å². The molecule has 0 aliphatic rings. The van der Waals surface area contributed by atoms with Gasteiger partial charge in [0.25, 0.3) is 0 Å². The summed E-state index contributed by atoms with van der Waals surface area (Å²) in [5.74, 6) is 0. The van der Waals surface area contributed by atoms with E-state index in [0.717, 1.165) is 0 Å². The van der Waals surface area contributed by atoms with E-state index < -0.39 is 17.3 Å². The molecule has 1 rings (SSSR count). The van der Waals surface area contributed by atoms with E-state index in [1.54, 1.807) is 24.3 Å². The maximum atomic E-state index is 12.8. The molecule has 0 unspecified atom stereocenters. The topological polar surface area (TPSA) is 35.5 Å². The number of hydrogen-bond acceptors (Lipinski definition) is 3. The van der Waals surface area contributed by atoms with Crippen molar-refractivity contribution >= 4 is 59.3 Å². The summed E-state index contributed by atoms with van der Waals surface area (Å²) >= 11 is 22.5. The highest BCUT2D eigenvalue weighted by Gasteiger charge is 2.27. The molecule has 0 atom stereocenters. The van der Waals surface area contributed by atoms with Crippen LogP contribution in [0.3, 0.4) is 0 Å². The van der Waals surface area contributed by atoms with E-state index in [4.69, 9.17) is 55.5 Å². The fourth-order valence-electron chi connectivity index (χ4n) is 1.32. The van der Waals surface area contributed by atoms with Crippen molar-refractivity contribution in [3.8, 4) is 0 Å². The standard InChI is InChI=1S/C12H15Cl4O3P/c13-11(14)6-8-18-20(17,19-9-7-12(15)16)10-4-2-1-3-5-10/h1-5,11-12H,6-9H2. The van der Waals surface area contributed by atoms with Gasteiger partial charge in [0.1, 0.15) is 9.67 Å². The van der Waals surface area contributed by atoms with Gasteiger partial charge in [-0.1, -0.05) is 18.2 Å². The van der Waals surface area contributed by atoms with E-state index in [0.29, 0.717) is 18.1 Å². The third-order valence-electron chi connectivity index (χ3n) is 2.27. The molecule has 0 saturated carbocycles. The van der Waals surface area contributed by atoms with Crippen LogP contribution in [0.2, 0.25) is 0 Å². The Morgan fingerprint density at radius 2 is 1.35 bits per heavy atom. The molecule has 0 radical (unpaired) electrons. The average Bonchev–Trinajstić information content (AvgIpc) is 2.39. The van der Waals surface area contributed by atoms with Gasteiger partial charge in [-0.15, -0.1) is 46.4 Å². The Morgan fingerprint density at radius 3 is 1.75 bits per heavy atom. The molecule has 0 amide bonds. The second kappa shape index (κ2) is 9.53. The largest absolute Gasteiger partial charge is 0.361 e. The van der Waals surface area contributed by atoms with Crippen LogP contribution in [-0.2, 0) is 13.6 Å². The maximum absolute atomic E-state index is 12.8. The Bertz CT molecular complexity index is 410. The van der Waals surface area contributed by atoms with Crippen molar-refractivity contribution in [3.63, 3.8) is 0 Å². The lowest BCUT2D eigenvalue weighted by atomic mass is 10.4. The summed E-state index contributed by atoms with van der Waals surface area (Å²) < 4.78 is 23.5. The van der Waals surface area contributed by atoms with E-state index >= 15 is 0 Å². The lowest BCUT2D eigenvalue weighted by Crippen LogP contribution is -2.13. The van der Waals surface area contributed by atoms with Gasteiger partial charge in [-0.25, -0.2) is 0 Å². The molecule has 0 fully saturated rings. The summed E-state index contributed by atoms with van der Waals surface area (Å²) in [6.07, 6.45) is 0.716. The monoisotopic (exact) mass is 378 g/mol. The number of benzene rings is 1. The number of alkyl halides is 4. The number of halogens is 4. The molecule has 0 bridgehead atoms. The summed E-state index contributed by atoms with van der Waals surface area (Å²) in [5, 5.41) is 0.474. The molecule has 0 aliphatic heterocycles. The molecule has 0 aromatic heterocycles. The summed E-state index contributed by atoms with van der Waals surface area (Å²) in [7, 11) is -3.42. The highest BCUT2D eigenvalue weighted by molar-refractivity contribution is 7.62. The first-order chi connectivity index (χ1) is 9.44. The van der Waals surface area contributed by atoms with Crippen LogP contribution in [0, 0.1) is 0 Å². The van der Waals surface area contributed by atoms with Crippen molar-refractivity contribution in [1.29, 1.82) is 0 Å². The third kappa shape index (κ3) is 7.00. The smallest absolute Gasteiger partial charge is 0.305 e. The SMILES string of the molecule is O=P(OCCC(Cl)Cl)(OCCC(Cl)Cl)c1ccccc1. The van der Waals surface area contributed by atoms with Gasteiger partial charge in [-0.3, -0.25) is 4.57 Å². The van der Waals surface area contributed by atoms with Crippen LogP contribution >= 0.6 is 54.0 Å². The first kappa shape index (κ1) is 18.6. The molecule has 0 spiro atoms. The molecule has 1 aromatic carbocycles. The van der Waals surface area contributed by atoms with Crippen LogP contribution in [0.4, 0.5) is 0 Å². The molecular weight excluding hydrogens is 365 g/mol. The second-order valence-corrected chi connectivity index (χ2v) is 8.44. The predicted molar refractivity (Wildman–Crippen MR) is 85.8 cm³/mol. The van der Waals surface area contributed by atoms with Crippen LogP contribution in [0.1, 0.15) is 12.8 Å². The molecule has 20 heavy (non-hydrogen) atoms. The lowest BCUT2D eigenvalue weighted by Gasteiger charge is -2.19. The quantitative estimate of drug-likeness (QED) is 0.451. The minimum atomic E-state index is -3.42. The zero-order valence-electron chi connectivity index (χ0n) is 10.6. The van der Waals surface area contributed by atoms with E-state index in [9.17, 15) is 4.57 Å². The Balaban J connectivity index is 2.70. The van der Waals surface area contributed by atoms with Gasteiger partial charge in [0, 0.05) is 12.8 Å². The maximum Gasteiger partial charge on any atom is 0.361 e. The number of hydrogen-bond donors (Lipinski definition) is 0. The number of rotatable bonds is 9. The molecule has 0 aliphatic carbocycles. The molecular formula is C12H15Cl4O3P. The Hall–Kier alpha value is 0.530. The Kier molecular flexibility index (Phi) is 8.85. The fourth-order valence-corrected chi connectivity index (χ4v) is 3.28. The fraction of sp³-hybridized carbons (Fsp3) is 0.500. The van der Waals surface area contributed by atoms with E-state index in [1.807, 2.05) is 6.07 Å². The van der Waals surface area contributed by atoms with Crippen molar-refractivity contribution < 1.29 is 13.6 Å². The van der Waals surface area contributed by atoms with Crippen LogP contribution in [0.5, 0.6) is 0 Å². The minimum Gasteiger partial charge on any atom is -0.305 e. The van der Waals surface area contributed by atoms with Gasteiger partial charge in [0.2, 0.25) is 0 Å². The second-order valence-electron chi connectivity index (χ2n) is 3.86. The molecule has 0 N–H and O–H groups in total. The summed E-state index contributed by atoms with van der Waals surface area (Å²) in [5.41, 5.74) is 0. The van der Waals surface area contributed by atoms with Crippen molar-refractivity contribution in [1.82, 2.24) is 0 Å². The molecule has 1 aromatic rings. The van der Waals surface area contributed by atoms with Gasteiger partial charge in [-0.2, -0.15) is 0 Å². The predicted octanol–water partition coefficient (Wildman–Crippen LogP) is 4.93. The molecule has 3 nitrogen and oxygen atoms in total. The normalized spacial score (nSPS) is 12.3. The average molecular weight is 380 g/mol. The van der Waals surface area contributed by atoms with Gasteiger partial charge in [-0.05, 0) is 12.1 Å². The first-order valence-corrected chi connectivity index (χ1v) is 9.24. The summed E-state index contributed by atoms with van der Waals surface area (Å²) in [6.45, 7) is 0.268. The zero-order chi connectivity index (χ0) is 15.0. The van der Waals surface area contributed by atoms with E-state index in [2.05, 4.69) is 0 Å². The molecule has 0 saturated heterocycles. The Labute approximate surface area is 139 Å².